The van der Waals surface area contributed by atoms with Gasteiger partial charge in [-0.3, -0.25) is 4.68 Å². The molecule has 2 N–H and O–H groups in total. The van der Waals surface area contributed by atoms with Crippen LogP contribution >= 0.6 is 0 Å². The number of nitrogens with zero attached hydrogens (tertiary/aromatic N) is 2. The van der Waals surface area contributed by atoms with Crippen LogP contribution in [0.5, 0.6) is 0 Å². The Morgan fingerprint density at radius 2 is 2.50 bits per heavy atom. The van der Waals surface area contributed by atoms with Crippen molar-refractivity contribution in [1.82, 2.24) is 9.78 Å². The Hall–Kier alpha value is -0.830. The van der Waals surface area contributed by atoms with Gasteiger partial charge in [-0.15, -0.1) is 0 Å². The van der Waals surface area contributed by atoms with Crippen molar-refractivity contribution in [3.05, 3.63) is 18.0 Å². The van der Waals surface area contributed by atoms with E-state index in [1.165, 1.54) is 18.4 Å². The molecule has 0 aliphatic heterocycles. The first-order chi connectivity index (χ1) is 5.81. The normalized spacial score (nSPS) is 19.5. The average molecular weight is 165 g/mol. The third-order valence-corrected chi connectivity index (χ3v) is 2.49. The van der Waals surface area contributed by atoms with Gasteiger partial charge < -0.3 is 5.73 Å². The quantitative estimate of drug-likeness (QED) is 0.734. The number of aryl methyl sites for hydroxylation is 1. The van der Waals surface area contributed by atoms with Gasteiger partial charge in [0, 0.05) is 24.3 Å². The van der Waals surface area contributed by atoms with E-state index in [-0.39, 0.29) is 6.04 Å². The third-order valence-electron chi connectivity index (χ3n) is 2.49. The Labute approximate surface area is 72.6 Å². The zero-order valence-corrected chi connectivity index (χ0v) is 7.40. The molecule has 3 nitrogen and oxygen atoms in total. The highest BCUT2D eigenvalue weighted by atomic mass is 15.3. The maximum absolute atomic E-state index is 6.01. The first-order valence-corrected chi connectivity index (χ1v) is 4.59. The molecule has 1 saturated carbocycles. The minimum atomic E-state index is 0.227. The predicted octanol–water partition coefficient (Wildman–Crippen LogP) is 1.31. The standard InChI is InChI=1S/C9H15N3/c1-2-12-6-8(5-11-12)9(10)7-3-4-7/h5-7,9H,2-4,10H2,1H3. The molecule has 1 fully saturated rings. The first-order valence-electron chi connectivity index (χ1n) is 4.59. The summed E-state index contributed by atoms with van der Waals surface area (Å²) in [5.74, 6) is 0.722. The number of rotatable bonds is 3. The number of nitrogens with two attached hydrogens (primary N) is 1. The lowest BCUT2D eigenvalue weighted by Crippen LogP contribution is -2.11. The van der Waals surface area contributed by atoms with Crippen molar-refractivity contribution in [3.8, 4) is 0 Å². The first kappa shape index (κ1) is 7.80. The van der Waals surface area contributed by atoms with Gasteiger partial charge in [-0.2, -0.15) is 5.10 Å². The second-order valence-electron chi connectivity index (χ2n) is 3.49. The molecule has 1 aliphatic rings. The zero-order valence-electron chi connectivity index (χ0n) is 7.40. The molecule has 2 rings (SSSR count). The van der Waals surface area contributed by atoms with Crippen LogP contribution in [0.15, 0.2) is 12.4 Å². The highest BCUT2D eigenvalue weighted by Gasteiger charge is 2.30. The van der Waals surface area contributed by atoms with E-state index in [0.717, 1.165) is 12.5 Å². The molecule has 0 saturated heterocycles. The molecule has 0 bridgehead atoms. The van der Waals surface area contributed by atoms with Gasteiger partial charge in [0.1, 0.15) is 0 Å². The van der Waals surface area contributed by atoms with E-state index >= 15 is 0 Å². The molecule has 0 aromatic carbocycles. The van der Waals surface area contributed by atoms with E-state index in [2.05, 4.69) is 18.2 Å². The summed E-state index contributed by atoms with van der Waals surface area (Å²) in [6.45, 7) is 3.01. The Bertz CT molecular complexity index is 262. The summed E-state index contributed by atoms with van der Waals surface area (Å²) in [7, 11) is 0. The minimum Gasteiger partial charge on any atom is -0.324 e. The lowest BCUT2D eigenvalue weighted by Gasteiger charge is -2.05. The fourth-order valence-electron chi connectivity index (χ4n) is 1.45. The molecule has 3 heteroatoms. The largest absolute Gasteiger partial charge is 0.324 e. The number of hydrogen-bond acceptors (Lipinski definition) is 2. The summed E-state index contributed by atoms with van der Waals surface area (Å²) in [5.41, 5.74) is 7.21. The molecule has 1 aromatic rings. The van der Waals surface area contributed by atoms with Gasteiger partial charge in [-0.1, -0.05) is 0 Å². The molecule has 0 spiro atoms. The Morgan fingerprint density at radius 1 is 1.75 bits per heavy atom. The van der Waals surface area contributed by atoms with Gasteiger partial charge in [0.25, 0.3) is 0 Å². The van der Waals surface area contributed by atoms with E-state index in [0.29, 0.717) is 0 Å². The second kappa shape index (κ2) is 2.90. The molecular weight excluding hydrogens is 150 g/mol. The second-order valence-corrected chi connectivity index (χ2v) is 3.49. The van der Waals surface area contributed by atoms with Crippen molar-refractivity contribution in [3.63, 3.8) is 0 Å². The summed E-state index contributed by atoms with van der Waals surface area (Å²) >= 11 is 0. The van der Waals surface area contributed by atoms with Gasteiger partial charge in [0.05, 0.1) is 6.20 Å². The smallest absolute Gasteiger partial charge is 0.0537 e. The monoisotopic (exact) mass is 165 g/mol. The van der Waals surface area contributed by atoms with Crippen LogP contribution in [0.1, 0.15) is 31.4 Å². The molecule has 0 amide bonds. The van der Waals surface area contributed by atoms with Gasteiger partial charge in [0.15, 0.2) is 0 Å². The van der Waals surface area contributed by atoms with Crippen LogP contribution in [0.25, 0.3) is 0 Å². The van der Waals surface area contributed by atoms with Crippen molar-refractivity contribution in [2.24, 2.45) is 11.7 Å². The van der Waals surface area contributed by atoms with Crippen molar-refractivity contribution >= 4 is 0 Å². The van der Waals surface area contributed by atoms with Crippen molar-refractivity contribution in [2.45, 2.75) is 32.4 Å². The van der Waals surface area contributed by atoms with E-state index in [9.17, 15) is 0 Å². The van der Waals surface area contributed by atoms with Gasteiger partial charge >= 0.3 is 0 Å². The lowest BCUT2D eigenvalue weighted by atomic mass is 10.1. The summed E-state index contributed by atoms with van der Waals surface area (Å²) in [6.07, 6.45) is 6.53. The SMILES string of the molecule is CCn1cc(C(N)C2CC2)cn1. The molecule has 1 aromatic heterocycles. The molecule has 1 heterocycles. The molecular formula is C9H15N3. The van der Waals surface area contributed by atoms with E-state index in [1.807, 2.05) is 10.9 Å². The number of aromatic nitrogens is 2. The summed E-state index contributed by atoms with van der Waals surface area (Å²) < 4.78 is 1.93. The summed E-state index contributed by atoms with van der Waals surface area (Å²) in [6, 6.07) is 0.227. The Kier molecular flexibility index (Phi) is 1.89. The fraction of sp³-hybridized carbons (Fsp3) is 0.667. The molecule has 1 atom stereocenters. The molecule has 12 heavy (non-hydrogen) atoms. The van der Waals surface area contributed by atoms with Crippen molar-refractivity contribution < 1.29 is 0 Å². The summed E-state index contributed by atoms with van der Waals surface area (Å²) in [5, 5.41) is 4.20. The lowest BCUT2D eigenvalue weighted by molar-refractivity contribution is 0.626. The highest BCUT2D eigenvalue weighted by molar-refractivity contribution is 5.13. The van der Waals surface area contributed by atoms with E-state index in [1.54, 1.807) is 0 Å². The topological polar surface area (TPSA) is 43.8 Å². The number of hydrogen-bond donors (Lipinski definition) is 1. The summed E-state index contributed by atoms with van der Waals surface area (Å²) in [4.78, 5) is 0. The zero-order chi connectivity index (χ0) is 8.55. The molecule has 66 valence electrons. The van der Waals surface area contributed by atoms with Crippen molar-refractivity contribution in [1.29, 1.82) is 0 Å². The van der Waals surface area contributed by atoms with E-state index in [4.69, 9.17) is 5.73 Å². The van der Waals surface area contributed by atoms with Crippen LogP contribution in [0, 0.1) is 5.92 Å². The van der Waals surface area contributed by atoms with Crippen LogP contribution in [-0.4, -0.2) is 9.78 Å². The maximum Gasteiger partial charge on any atom is 0.0537 e. The molecule has 0 radical (unpaired) electrons. The third kappa shape index (κ3) is 1.37. The maximum atomic E-state index is 6.01. The van der Waals surface area contributed by atoms with Crippen LogP contribution in [-0.2, 0) is 6.54 Å². The van der Waals surface area contributed by atoms with Crippen LogP contribution in [0.3, 0.4) is 0 Å². The van der Waals surface area contributed by atoms with Gasteiger partial charge in [0.2, 0.25) is 0 Å². The Balaban J connectivity index is 2.10. The Morgan fingerprint density at radius 3 is 3.00 bits per heavy atom. The predicted molar refractivity (Wildman–Crippen MR) is 47.6 cm³/mol. The highest BCUT2D eigenvalue weighted by Crippen LogP contribution is 2.39. The fourth-order valence-corrected chi connectivity index (χ4v) is 1.45. The minimum absolute atomic E-state index is 0.227. The van der Waals surface area contributed by atoms with Gasteiger partial charge in [-0.05, 0) is 25.7 Å². The molecule has 1 aliphatic carbocycles. The molecule has 1 unspecified atom stereocenters. The van der Waals surface area contributed by atoms with Crippen molar-refractivity contribution in [2.75, 3.05) is 0 Å². The van der Waals surface area contributed by atoms with Crippen LogP contribution < -0.4 is 5.73 Å². The van der Waals surface area contributed by atoms with Gasteiger partial charge in [-0.25, -0.2) is 0 Å². The van der Waals surface area contributed by atoms with Crippen LogP contribution in [0.4, 0.5) is 0 Å². The van der Waals surface area contributed by atoms with E-state index < -0.39 is 0 Å². The average Bonchev–Trinajstić information content (AvgIpc) is 2.82. The van der Waals surface area contributed by atoms with Crippen LogP contribution in [0.2, 0.25) is 0 Å².